The van der Waals surface area contributed by atoms with E-state index in [1.165, 1.54) is 0 Å². The summed E-state index contributed by atoms with van der Waals surface area (Å²) in [4.78, 5) is 12.9. The summed E-state index contributed by atoms with van der Waals surface area (Å²) in [6.45, 7) is 11.4. The molecule has 90 valence electrons. The van der Waals surface area contributed by atoms with E-state index in [4.69, 9.17) is 5.73 Å². The highest BCUT2D eigenvalue weighted by Crippen LogP contribution is 2.02. The lowest BCUT2D eigenvalue weighted by atomic mass is 10.2. The Balaban J connectivity index is 3.59. The minimum atomic E-state index is -0.243. The molecule has 0 aromatic heterocycles. The smallest absolute Gasteiger partial charge is 0.218 e. The van der Waals surface area contributed by atoms with Gasteiger partial charge in [0.15, 0.2) is 0 Å². The van der Waals surface area contributed by atoms with E-state index >= 15 is 0 Å². The summed E-state index contributed by atoms with van der Waals surface area (Å²) in [7, 11) is 0. The fourth-order valence-corrected chi connectivity index (χ4v) is 1.66. The molecule has 0 aromatic rings. The Morgan fingerprint density at radius 2 is 1.73 bits per heavy atom. The molecule has 4 nitrogen and oxygen atoms in total. The highest BCUT2D eigenvalue weighted by atomic mass is 16.1. The van der Waals surface area contributed by atoms with Crippen LogP contribution in [-0.4, -0.2) is 42.5 Å². The number of hydrogen-bond donors (Lipinski definition) is 2. The Kier molecular flexibility index (Phi) is 7.34. The Bertz CT molecular complexity index is 173. The SMILES string of the molecule is CC(C)N(CCNCCC(N)=O)C(C)C. The third-order valence-corrected chi connectivity index (χ3v) is 2.42. The van der Waals surface area contributed by atoms with Crippen LogP contribution in [-0.2, 0) is 4.79 Å². The second-order valence-electron chi connectivity index (χ2n) is 4.39. The molecule has 0 rings (SSSR count). The van der Waals surface area contributed by atoms with Crippen LogP contribution in [0.15, 0.2) is 0 Å². The van der Waals surface area contributed by atoms with Crippen molar-refractivity contribution >= 4 is 5.91 Å². The van der Waals surface area contributed by atoms with Gasteiger partial charge in [-0.05, 0) is 27.7 Å². The van der Waals surface area contributed by atoms with Crippen LogP contribution in [0.25, 0.3) is 0 Å². The molecule has 0 aliphatic heterocycles. The fraction of sp³-hybridized carbons (Fsp3) is 0.909. The molecule has 4 heteroatoms. The number of amides is 1. The molecule has 0 aliphatic carbocycles. The number of nitrogens with one attached hydrogen (secondary N) is 1. The van der Waals surface area contributed by atoms with Gasteiger partial charge in [-0.15, -0.1) is 0 Å². The van der Waals surface area contributed by atoms with Crippen LogP contribution >= 0.6 is 0 Å². The van der Waals surface area contributed by atoms with E-state index in [-0.39, 0.29) is 5.91 Å². The molecule has 0 fully saturated rings. The lowest BCUT2D eigenvalue weighted by Gasteiger charge is -2.30. The summed E-state index contributed by atoms with van der Waals surface area (Å²) < 4.78 is 0. The molecule has 1 amide bonds. The van der Waals surface area contributed by atoms with Gasteiger partial charge in [0, 0.05) is 38.1 Å². The standard InChI is InChI=1S/C11H25N3O/c1-9(2)14(10(3)4)8-7-13-6-5-11(12)15/h9-10,13H,5-8H2,1-4H3,(H2,12,15). The largest absolute Gasteiger partial charge is 0.370 e. The van der Waals surface area contributed by atoms with Crippen LogP contribution in [0.5, 0.6) is 0 Å². The van der Waals surface area contributed by atoms with Crippen LogP contribution < -0.4 is 11.1 Å². The first-order valence-electron chi connectivity index (χ1n) is 5.70. The van der Waals surface area contributed by atoms with E-state index in [2.05, 4.69) is 37.9 Å². The maximum Gasteiger partial charge on any atom is 0.218 e. The van der Waals surface area contributed by atoms with Crippen LogP contribution in [0.2, 0.25) is 0 Å². The highest BCUT2D eigenvalue weighted by Gasteiger charge is 2.11. The predicted octanol–water partition coefficient (Wildman–Crippen LogP) is 0.570. The first-order valence-corrected chi connectivity index (χ1v) is 5.70. The van der Waals surface area contributed by atoms with Crippen molar-refractivity contribution < 1.29 is 4.79 Å². The Labute approximate surface area is 93.2 Å². The third-order valence-electron chi connectivity index (χ3n) is 2.42. The van der Waals surface area contributed by atoms with Crippen LogP contribution in [0, 0.1) is 0 Å². The second kappa shape index (κ2) is 7.65. The fourth-order valence-electron chi connectivity index (χ4n) is 1.66. The van der Waals surface area contributed by atoms with E-state index in [1.54, 1.807) is 0 Å². The van der Waals surface area contributed by atoms with E-state index < -0.39 is 0 Å². The van der Waals surface area contributed by atoms with Crippen molar-refractivity contribution in [2.45, 2.75) is 46.2 Å². The van der Waals surface area contributed by atoms with Gasteiger partial charge in [0.2, 0.25) is 5.91 Å². The molecule has 0 atom stereocenters. The summed E-state index contributed by atoms with van der Waals surface area (Å²) >= 11 is 0. The molecule has 0 aliphatic rings. The molecule has 0 saturated carbocycles. The Morgan fingerprint density at radius 1 is 1.20 bits per heavy atom. The third kappa shape index (κ3) is 7.33. The zero-order valence-corrected chi connectivity index (χ0v) is 10.4. The van der Waals surface area contributed by atoms with Crippen LogP contribution in [0.3, 0.4) is 0 Å². The quantitative estimate of drug-likeness (QED) is 0.582. The topological polar surface area (TPSA) is 58.4 Å². The normalized spacial score (nSPS) is 11.7. The molecular formula is C11H25N3O. The Morgan fingerprint density at radius 3 is 2.13 bits per heavy atom. The summed E-state index contributed by atoms with van der Waals surface area (Å²) in [5.74, 6) is -0.243. The monoisotopic (exact) mass is 215 g/mol. The molecule has 15 heavy (non-hydrogen) atoms. The molecule has 3 N–H and O–H groups in total. The van der Waals surface area contributed by atoms with Gasteiger partial charge in [-0.3, -0.25) is 9.69 Å². The number of primary amides is 1. The highest BCUT2D eigenvalue weighted by molar-refractivity contribution is 5.73. The van der Waals surface area contributed by atoms with Crippen molar-refractivity contribution in [1.82, 2.24) is 10.2 Å². The van der Waals surface area contributed by atoms with Gasteiger partial charge in [-0.25, -0.2) is 0 Å². The minimum absolute atomic E-state index is 0.243. The van der Waals surface area contributed by atoms with E-state index in [1.807, 2.05) is 0 Å². The first-order chi connectivity index (χ1) is 6.95. The average Bonchev–Trinajstić information content (AvgIpc) is 2.08. The average molecular weight is 215 g/mol. The lowest BCUT2D eigenvalue weighted by Crippen LogP contribution is -2.41. The second-order valence-corrected chi connectivity index (χ2v) is 4.39. The lowest BCUT2D eigenvalue weighted by molar-refractivity contribution is -0.117. The predicted molar refractivity (Wildman–Crippen MR) is 63.7 cm³/mol. The van der Waals surface area contributed by atoms with Crippen molar-refractivity contribution in [2.24, 2.45) is 5.73 Å². The van der Waals surface area contributed by atoms with E-state index in [0.29, 0.717) is 25.0 Å². The molecule has 0 radical (unpaired) electrons. The molecule has 0 unspecified atom stereocenters. The molecular weight excluding hydrogens is 190 g/mol. The van der Waals surface area contributed by atoms with Crippen molar-refractivity contribution in [3.63, 3.8) is 0 Å². The zero-order chi connectivity index (χ0) is 11.8. The number of carbonyl (C=O) groups is 1. The molecule has 0 bridgehead atoms. The van der Waals surface area contributed by atoms with Crippen LogP contribution in [0.4, 0.5) is 0 Å². The van der Waals surface area contributed by atoms with E-state index in [0.717, 1.165) is 13.1 Å². The Hall–Kier alpha value is -0.610. The number of carbonyl (C=O) groups excluding carboxylic acids is 1. The molecule has 0 heterocycles. The summed E-state index contributed by atoms with van der Waals surface area (Å²) in [5, 5.41) is 3.21. The van der Waals surface area contributed by atoms with E-state index in [9.17, 15) is 4.79 Å². The zero-order valence-electron chi connectivity index (χ0n) is 10.4. The van der Waals surface area contributed by atoms with Crippen molar-refractivity contribution in [1.29, 1.82) is 0 Å². The van der Waals surface area contributed by atoms with Crippen molar-refractivity contribution in [3.05, 3.63) is 0 Å². The number of hydrogen-bond acceptors (Lipinski definition) is 3. The van der Waals surface area contributed by atoms with Gasteiger partial charge in [-0.2, -0.15) is 0 Å². The van der Waals surface area contributed by atoms with Crippen molar-refractivity contribution in [3.8, 4) is 0 Å². The van der Waals surface area contributed by atoms with Gasteiger partial charge < -0.3 is 11.1 Å². The summed E-state index contributed by atoms with van der Waals surface area (Å²) in [6.07, 6.45) is 0.420. The summed E-state index contributed by atoms with van der Waals surface area (Å²) in [5.41, 5.74) is 5.04. The molecule has 0 aromatic carbocycles. The number of nitrogens with two attached hydrogens (primary N) is 1. The first kappa shape index (κ1) is 14.4. The molecule has 0 spiro atoms. The maximum absolute atomic E-state index is 10.5. The van der Waals surface area contributed by atoms with Gasteiger partial charge in [0.25, 0.3) is 0 Å². The van der Waals surface area contributed by atoms with Gasteiger partial charge >= 0.3 is 0 Å². The van der Waals surface area contributed by atoms with Gasteiger partial charge in [-0.1, -0.05) is 0 Å². The van der Waals surface area contributed by atoms with Crippen molar-refractivity contribution in [2.75, 3.05) is 19.6 Å². The minimum Gasteiger partial charge on any atom is -0.370 e. The van der Waals surface area contributed by atoms with Gasteiger partial charge in [0.05, 0.1) is 0 Å². The van der Waals surface area contributed by atoms with Gasteiger partial charge in [0.1, 0.15) is 0 Å². The maximum atomic E-state index is 10.5. The van der Waals surface area contributed by atoms with Crippen LogP contribution in [0.1, 0.15) is 34.1 Å². The number of nitrogens with zero attached hydrogens (tertiary/aromatic N) is 1. The number of rotatable bonds is 8. The summed E-state index contributed by atoms with van der Waals surface area (Å²) in [6, 6.07) is 1.12. The molecule has 0 saturated heterocycles.